The Labute approximate surface area is 111 Å². The van der Waals surface area contributed by atoms with Crippen LogP contribution in [0.15, 0.2) is 18.2 Å². The first-order valence-corrected chi connectivity index (χ1v) is 5.33. The molecule has 17 heavy (non-hydrogen) atoms. The average molecular weight is 281 g/mol. The number of halogens is 3. The lowest BCUT2D eigenvalue weighted by atomic mass is 10.2. The molecule has 0 aliphatic heterocycles. The summed E-state index contributed by atoms with van der Waals surface area (Å²) in [6.45, 7) is 2.08. The van der Waals surface area contributed by atoms with Crippen molar-refractivity contribution < 1.29 is 9.18 Å². The quantitative estimate of drug-likeness (QED) is 0.889. The third kappa shape index (κ3) is 5.86. The molecule has 0 saturated carbocycles. The largest absolute Gasteiger partial charge is 0.352 e. The van der Waals surface area contributed by atoms with Gasteiger partial charge in [0.05, 0.1) is 5.02 Å². The number of hydrogen-bond donors (Lipinski definition) is 2. The molecule has 0 spiro atoms. The molecule has 0 heterocycles. The van der Waals surface area contributed by atoms with E-state index in [1.165, 1.54) is 12.1 Å². The molecule has 1 amide bonds. The highest BCUT2D eigenvalue weighted by atomic mass is 35.5. The van der Waals surface area contributed by atoms with Crippen molar-refractivity contribution in [2.45, 2.75) is 25.9 Å². The maximum atomic E-state index is 12.8. The third-order valence-electron chi connectivity index (χ3n) is 1.98. The van der Waals surface area contributed by atoms with Crippen LogP contribution in [0.5, 0.6) is 0 Å². The van der Waals surface area contributed by atoms with Crippen molar-refractivity contribution in [3.05, 3.63) is 34.6 Å². The minimum absolute atomic E-state index is 0. The summed E-state index contributed by atoms with van der Waals surface area (Å²) >= 11 is 5.61. The molecule has 1 unspecified atom stereocenters. The molecule has 0 fully saturated rings. The highest BCUT2D eigenvalue weighted by Crippen LogP contribution is 2.15. The minimum atomic E-state index is -0.465. The molecule has 6 heteroatoms. The van der Waals surface area contributed by atoms with Crippen LogP contribution in [0, 0.1) is 5.82 Å². The van der Waals surface area contributed by atoms with E-state index in [1.807, 2.05) is 0 Å². The second-order valence-electron chi connectivity index (χ2n) is 3.71. The van der Waals surface area contributed by atoms with Crippen molar-refractivity contribution in [2.75, 3.05) is 0 Å². The zero-order chi connectivity index (χ0) is 12.1. The van der Waals surface area contributed by atoms with Crippen LogP contribution in [0.25, 0.3) is 0 Å². The van der Waals surface area contributed by atoms with Crippen LogP contribution < -0.4 is 11.1 Å². The summed E-state index contributed by atoms with van der Waals surface area (Å²) < 4.78 is 12.8. The van der Waals surface area contributed by atoms with Crippen LogP contribution >= 0.6 is 24.0 Å². The maximum Gasteiger partial charge on any atom is 0.221 e. The van der Waals surface area contributed by atoms with E-state index in [1.54, 1.807) is 13.0 Å². The van der Waals surface area contributed by atoms with E-state index in [9.17, 15) is 9.18 Å². The van der Waals surface area contributed by atoms with Crippen molar-refractivity contribution in [3.63, 3.8) is 0 Å². The van der Waals surface area contributed by atoms with Gasteiger partial charge in [-0.3, -0.25) is 4.79 Å². The monoisotopic (exact) mass is 280 g/mol. The van der Waals surface area contributed by atoms with Crippen molar-refractivity contribution in [1.82, 2.24) is 5.32 Å². The van der Waals surface area contributed by atoms with Gasteiger partial charge >= 0.3 is 0 Å². The summed E-state index contributed by atoms with van der Waals surface area (Å²) in [6.07, 6.45) is 0.273. The SMILES string of the molecule is CC(N)CC(=O)NCc1ccc(F)c(Cl)c1.Cl. The van der Waals surface area contributed by atoms with Crippen LogP contribution in [0.4, 0.5) is 4.39 Å². The molecule has 96 valence electrons. The van der Waals surface area contributed by atoms with Crippen molar-refractivity contribution >= 4 is 29.9 Å². The summed E-state index contributed by atoms with van der Waals surface area (Å²) in [6, 6.07) is 4.17. The van der Waals surface area contributed by atoms with E-state index < -0.39 is 5.82 Å². The Morgan fingerprint density at radius 3 is 2.76 bits per heavy atom. The van der Waals surface area contributed by atoms with Gasteiger partial charge in [0.15, 0.2) is 0 Å². The molecule has 0 aromatic heterocycles. The van der Waals surface area contributed by atoms with Gasteiger partial charge in [-0.25, -0.2) is 4.39 Å². The van der Waals surface area contributed by atoms with Crippen LogP contribution in [0.3, 0.4) is 0 Å². The molecule has 1 aromatic rings. The molecule has 1 rings (SSSR count). The Balaban J connectivity index is 0.00000256. The van der Waals surface area contributed by atoms with Gasteiger partial charge in [0.1, 0.15) is 5.82 Å². The molecule has 0 saturated heterocycles. The number of nitrogens with two attached hydrogens (primary N) is 1. The lowest BCUT2D eigenvalue weighted by Crippen LogP contribution is -2.29. The lowest BCUT2D eigenvalue weighted by molar-refractivity contribution is -0.121. The van der Waals surface area contributed by atoms with Crippen molar-refractivity contribution in [3.8, 4) is 0 Å². The first-order valence-electron chi connectivity index (χ1n) is 4.95. The highest BCUT2D eigenvalue weighted by molar-refractivity contribution is 6.30. The predicted molar refractivity (Wildman–Crippen MR) is 68.8 cm³/mol. The van der Waals surface area contributed by atoms with Gasteiger partial charge in [0.2, 0.25) is 5.91 Å². The van der Waals surface area contributed by atoms with Gasteiger partial charge in [0.25, 0.3) is 0 Å². The number of rotatable bonds is 4. The Kier molecular flexibility index (Phi) is 7.11. The van der Waals surface area contributed by atoms with E-state index in [2.05, 4.69) is 5.32 Å². The van der Waals surface area contributed by atoms with Crippen molar-refractivity contribution in [2.24, 2.45) is 5.73 Å². The van der Waals surface area contributed by atoms with E-state index >= 15 is 0 Å². The van der Waals surface area contributed by atoms with Crippen LogP contribution in [-0.2, 0) is 11.3 Å². The van der Waals surface area contributed by atoms with Gasteiger partial charge in [-0.05, 0) is 24.6 Å². The van der Waals surface area contributed by atoms with Crippen LogP contribution in [0.2, 0.25) is 5.02 Å². The Bertz CT molecular complexity index is 386. The molecule has 1 aromatic carbocycles. The lowest BCUT2D eigenvalue weighted by Gasteiger charge is -2.07. The summed E-state index contributed by atoms with van der Waals surface area (Å²) in [5, 5.41) is 2.73. The Morgan fingerprint density at radius 2 is 2.24 bits per heavy atom. The minimum Gasteiger partial charge on any atom is -0.352 e. The fraction of sp³-hybridized carbons (Fsp3) is 0.364. The van der Waals surface area contributed by atoms with Gasteiger partial charge in [-0.2, -0.15) is 0 Å². The summed E-state index contributed by atoms with van der Waals surface area (Å²) in [5.41, 5.74) is 6.23. The van der Waals surface area contributed by atoms with Gasteiger partial charge in [0, 0.05) is 19.0 Å². The fourth-order valence-electron chi connectivity index (χ4n) is 1.21. The van der Waals surface area contributed by atoms with Gasteiger partial charge in [-0.1, -0.05) is 17.7 Å². The van der Waals surface area contributed by atoms with Gasteiger partial charge < -0.3 is 11.1 Å². The number of hydrogen-bond acceptors (Lipinski definition) is 2. The van der Waals surface area contributed by atoms with Crippen molar-refractivity contribution in [1.29, 1.82) is 0 Å². The molecule has 0 radical (unpaired) electrons. The number of carbonyl (C=O) groups is 1. The highest BCUT2D eigenvalue weighted by Gasteiger charge is 2.05. The molecule has 0 bridgehead atoms. The second kappa shape index (κ2) is 7.48. The maximum absolute atomic E-state index is 12.8. The number of nitrogens with one attached hydrogen (secondary N) is 1. The molecule has 3 N–H and O–H groups in total. The van der Waals surface area contributed by atoms with Gasteiger partial charge in [-0.15, -0.1) is 12.4 Å². The van der Waals surface area contributed by atoms with E-state index in [-0.39, 0.29) is 35.8 Å². The molecule has 0 aliphatic rings. The average Bonchev–Trinajstić information content (AvgIpc) is 2.19. The summed E-state index contributed by atoms with van der Waals surface area (Å²) in [5.74, 6) is -0.595. The molecule has 1 atom stereocenters. The Hall–Kier alpha value is -0.840. The first-order chi connectivity index (χ1) is 7.49. The fourth-order valence-corrected chi connectivity index (χ4v) is 1.42. The molecular weight excluding hydrogens is 266 g/mol. The van der Waals surface area contributed by atoms with Crippen LogP contribution in [-0.4, -0.2) is 11.9 Å². The predicted octanol–water partition coefficient (Wildman–Crippen LogP) is 2.25. The Morgan fingerprint density at radius 1 is 1.59 bits per heavy atom. The number of carbonyl (C=O) groups excluding carboxylic acids is 1. The molecular formula is C11H15Cl2FN2O. The van der Waals surface area contributed by atoms with E-state index in [0.717, 1.165) is 5.56 Å². The number of amides is 1. The summed E-state index contributed by atoms with van der Waals surface area (Å²) in [7, 11) is 0. The van der Waals surface area contributed by atoms with E-state index in [4.69, 9.17) is 17.3 Å². The standard InChI is InChI=1S/C11H14ClFN2O.ClH/c1-7(14)4-11(16)15-6-8-2-3-10(13)9(12)5-8;/h2-3,5,7H,4,6,14H2,1H3,(H,15,16);1H. The first kappa shape index (κ1) is 16.2. The normalized spacial score (nSPS) is 11.5. The topological polar surface area (TPSA) is 55.1 Å². The zero-order valence-corrected chi connectivity index (χ0v) is 10.9. The smallest absolute Gasteiger partial charge is 0.221 e. The molecule has 3 nitrogen and oxygen atoms in total. The zero-order valence-electron chi connectivity index (χ0n) is 9.37. The third-order valence-corrected chi connectivity index (χ3v) is 2.27. The molecule has 0 aliphatic carbocycles. The van der Waals surface area contributed by atoms with E-state index in [0.29, 0.717) is 6.54 Å². The number of benzene rings is 1. The van der Waals surface area contributed by atoms with Crippen LogP contribution in [0.1, 0.15) is 18.9 Å². The second-order valence-corrected chi connectivity index (χ2v) is 4.11. The summed E-state index contributed by atoms with van der Waals surface area (Å²) in [4.78, 5) is 11.3.